The average molecular weight is 242 g/mol. The Balaban J connectivity index is 1.93. The first-order chi connectivity index (χ1) is 8.81. The quantitative estimate of drug-likeness (QED) is 0.625. The standard InChI is InChI=1S/C15H18N2O/c1-2-12-3-5-13(6-4-12)11-18-15-9-7-14(17-16)8-10-15/h3-10,17H,2,11,16H2,1H3. The average Bonchev–Trinajstić information content (AvgIpc) is 2.46. The van der Waals surface area contributed by atoms with E-state index in [1.54, 1.807) is 0 Å². The van der Waals surface area contributed by atoms with Crippen LogP contribution in [-0.4, -0.2) is 0 Å². The molecule has 0 radical (unpaired) electrons. The van der Waals surface area contributed by atoms with E-state index in [9.17, 15) is 0 Å². The van der Waals surface area contributed by atoms with Crippen LogP contribution in [0, 0.1) is 0 Å². The lowest BCUT2D eigenvalue weighted by Gasteiger charge is -2.07. The predicted octanol–water partition coefficient (Wildman–Crippen LogP) is 3.11. The number of nitrogens with one attached hydrogen (secondary N) is 1. The minimum atomic E-state index is 0.583. The predicted molar refractivity (Wildman–Crippen MR) is 74.4 cm³/mol. The van der Waals surface area contributed by atoms with Crippen molar-refractivity contribution in [1.82, 2.24) is 0 Å². The Morgan fingerprint density at radius 1 is 0.944 bits per heavy atom. The van der Waals surface area contributed by atoms with Gasteiger partial charge in [-0.3, -0.25) is 5.84 Å². The Bertz CT molecular complexity index is 429. The lowest BCUT2D eigenvalue weighted by atomic mass is 10.1. The summed E-state index contributed by atoms with van der Waals surface area (Å²) in [4.78, 5) is 0. The van der Waals surface area contributed by atoms with Crippen LogP contribution < -0.4 is 16.0 Å². The Morgan fingerprint density at radius 2 is 1.56 bits per heavy atom. The summed E-state index contributed by atoms with van der Waals surface area (Å²) in [6, 6.07) is 16.1. The van der Waals surface area contributed by atoms with Gasteiger partial charge in [0.1, 0.15) is 12.4 Å². The zero-order chi connectivity index (χ0) is 12.8. The number of hydrazine groups is 1. The fourth-order valence-corrected chi connectivity index (χ4v) is 1.69. The SMILES string of the molecule is CCc1ccc(COc2ccc(NN)cc2)cc1. The molecule has 0 aliphatic rings. The van der Waals surface area contributed by atoms with E-state index in [0.29, 0.717) is 6.61 Å². The molecule has 0 atom stereocenters. The van der Waals surface area contributed by atoms with E-state index in [1.807, 2.05) is 24.3 Å². The van der Waals surface area contributed by atoms with Crippen LogP contribution >= 0.6 is 0 Å². The number of hydrogen-bond acceptors (Lipinski definition) is 3. The summed E-state index contributed by atoms with van der Waals surface area (Å²) >= 11 is 0. The topological polar surface area (TPSA) is 47.3 Å². The molecule has 0 saturated carbocycles. The lowest BCUT2D eigenvalue weighted by molar-refractivity contribution is 0.306. The highest BCUT2D eigenvalue weighted by Crippen LogP contribution is 2.16. The Kier molecular flexibility index (Phi) is 4.20. The summed E-state index contributed by atoms with van der Waals surface area (Å²) in [5, 5.41) is 0. The first-order valence-electron chi connectivity index (χ1n) is 6.09. The summed E-state index contributed by atoms with van der Waals surface area (Å²) in [5.74, 6) is 6.14. The van der Waals surface area contributed by atoms with Gasteiger partial charge in [0, 0.05) is 5.69 Å². The molecule has 2 rings (SSSR count). The van der Waals surface area contributed by atoms with Crippen molar-refractivity contribution in [1.29, 1.82) is 0 Å². The van der Waals surface area contributed by atoms with Gasteiger partial charge in [-0.25, -0.2) is 0 Å². The first kappa shape index (κ1) is 12.5. The van der Waals surface area contributed by atoms with Gasteiger partial charge in [0.15, 0.2) is 0 Å². The van der Waals surface area contributed by atoms with Crippen molar-refractivity contribution in [2.45, 2.75) is 20.0 Å². The van der Waals surface area contributed by atoms with Gasteiger partial charge >= 0.3 is 0 Å². The molecule has 2 aromatic carbocycles. The van der Waals surface area contributed by atoms with Crippen molar-refractivity contribution in [2.24, 2.45) is 5.84 Å². The number of benzene rings is 2. The molecule has 2 aromatic rings. The molecule has 0 unspecified atom stereocenters. The van der Waals surface area contributed by atoms with Crippen molar-refractivity contribution < 1.29 is 4.74 Å². The molecule has 0 spiro atoms. The fraction of sp³-hybridized carbons (Fsp3) is 0.200. The minimum Gasteiger partial charge on any atom is -0.489 e. The summed E-state index contributed by atoms with van der Waals surface area (Å²) in [6.07, 6.45) is 1.06. The van der Waals surface area contributed by atoms with Crippen molar-refractivity contribution in [3.8, 4) is 5.75 Å². The van der Waals surface area contributed by atoms with E-state index in [0.717, 1.165) is 17.9 Å². The number of nitrogen functional groups attached to an aromatic ring is 1. The highest BCUT2D eigenvalue weighted by atomic mass is 16.5. The van der Waals surface area contributed by atoms with Gasteiger partial charge in [-0.05, 0) is 41.8 Å². The van der Waals surface area contributed by atoms with Crippen molar-refractivity contribution in [3.05, 3.63) is 59.7 Å². The molecular formula is C15H18N2O. The van der Waals surface area contributed by atoms with Crippen molar-refractivity contribution in [3.63, 3.8) is 0 Å². The number of ether oxygens (including phenoxy) is 1. The summed E-state index contributed by atoms with van der Waals surface area (Å²) in [6.45, 7) is 2.73. The molecule has 0 bridgehead atoms. The second-order valence-electron chi connectivity index (χ2n) is 4.13. The van der Waals surface area contributed by atoms with Gasteiger partial charge < -0.3 is 10.2 Å². The molecule has 94 valence electrons. The van der Waals surface area contributed by atoms with Crippen LogP contribution in [0.15, 0.2) is 48.5 Å². The molecule has 0 aliphatic carbocycles. The van der Waals surface area contributed by atoms with Crippen LogP contribution in [0.1, 0.15) is 18.1 Å². The van der Waals surface area contributed by atoms with Crippen molar-refractivity contribution in [2.75, 3.05) is 5.43 Å². The van der Waals surface area contributed by atoms with Gasteiger partial charge in [-0.15, -0.1) is 0 Å². The summed E-state index contributed by atoms with van der Waals surface area (Å²) < 4.78 is 5.70. The second-order valence-corrected chi connectivity index (χ2v) is 4.13. The third kappa shape index (κ3) is 3.25. The van der Waals surface area contributed by atoms with E-state index in [-0.39, 0.29) is 0 Å². The number of nitrogens with two attached hydrogens (primary N) is 1. The molecule has 3 heteroatoms. The van der Waals surface area contributed by atoms with Gasteiger partial charge in [0.05, 0.1) is 0 Å². The fourth-order valence-electron chi connectivity index (χ4n) is 1.69. The van der Waals surface area contributed by atoms with Crippen LogP contribution in [0.2, 0.25) is 0 Å². The maximum atomic E-state index is 5.70. The highest BCUT2D eigenvalue weighted by Gasteiger charge is 1.97. The van der Waals surface area contributed by atoms with E-state index in [4.69, 9.17) is 10.6 Å². The van der Waals surface area contributed by atoms with Crippen LogP contribution in [0.4, 0.5) is 5.69 Å². The van der Waals surface area contributed by atoms with E-state index in [2.05, 4.69) is 36.6 Å². The zero-order valence-electron chi connectivity index (χ0n) is 10.5. The minimum absolute atomic E-state index is 0.583. The third-order valence-corrected chi connectivity index (χ3v) is 2.86. The summed E-state index contributed by atoms with van der Waals surface area (Å²) in [7, 11) is 0. The molecule has 0 heterocycles. The normalized spacial score (nSPS) is 10.1. The number of aryl methyl sites for hydroxylation is 1. The van der Waals surface area contributed by atoms with Crippen LogP contribution in [0.25, 0.3) is 0 Å². The number of rotatable bonds is 5. The highest BCUT2D eigenvalue weighted by molar-refractivity contribution is 5.45. The molecule has 18 heavy (non-hydrogen) atoms. The Hall–Kier alpha value is -2.00. The molecule has 0 saturated heterocycles. The van der Waals surface area contributed by atoms with Gasteiger partial charge in [0.2, 0.25) is 0 Å². The van der Waals surface area contributed by atoms with Crippen molar-refractivity contribution >= 4 is 5.69 Å². The van der Waals surface area contributed by atoms with Crippen LogP contribution in [0.5, 0.6) is 5.75 Å². The van der Waals surface area contributed by atoms with Gasteiger partial charge in [-0.2, -0.15) is 0 Å². The van der Waals surface area contributed by atoms with Crippen LogP contribution in [-0.2, 0) is 13.0 Å². The maximum absolute atomic E-state index is 5.70. The number of hydrogen-bond donors (Lipinski definition) is 2. The molecular weight excluding hydrogens is 224 g/mol. The summed E-state index contributed by atoms with van der Waals surface area (Å²) in [5.41, 5.74) is 5.97. The largest absolute Gasteiger partial charge is 0.489 e. The second kappa shape index (κ2) is 6.07. The van der Waals surface area contributed by atoms with E-state index >= 15 is 0 Å². The maximum Gasteiger partial charge on any atom is 0.119 e. The molecule has 0 fully saturated rings. The van der Waals surface area contributed by atoms with Gasteiger partial charge in [0.25, 0.3) is 0 Å². The van der Waals surface area contributed by atoms with E-state index in [1.165, 1.54) is 11.1 Å². The first-order valence-corrected chi connectivity index (χ1v) is 6.09. The Labute approximate surface area is 108 Å². The zero-order valence-corrected chi connectivity index (χ0v) is 10.5. The molecule has 0 amide bonds. The molecule has 0 aliphatic heterocycles. The lowest BCUT2D eigenvalue weighted by Crippen LogP contribution is -2.06. The molecule has 3 N–H and O–H groups in total. The molecule has 0 aromatic heterocycles. The van der Waals surface area contributed by atoms with Crippen LogP contribution in [0.3, 0.4) is 0 Å². The molecule has 3 nitrogen and oxygen atoms in total. The third-order valence-electron chi connectivity index (χ3n) is 2.86. The smallest absolute Gasteiger partial charge is 0.119 e. The monoisotopic (exact) mass is 242 g/mol. The number of anilines is 1. The van der Waals surface area contributed by atoms with E-state index < -0.39 is 0 Å². The van der Waals surface area contributed by atoms with Gasteiger partial charge in [-0.1, -0.05) is 31.2 Å². The Morgan fingerprint density at radius 3 is 2.11 bits per heavy atom.